The number of halogens is 1. The van der Waals surface area contributed by atoms with E-state index in [1.807, 2.05) is 17.0 Å². The van der Waals surface area contributed by atoms with E-state index in [0.29, 0.717) is 13.1 Å². The van der Waals surface area contributed by atoms with Gasteiger partial charge in [-0.25, -0.2) is 0 Å². The van der Waals surface area contributed by atoms with E-state index in [4.69, 9.17) is 16.3 Å². The second kappa shape index (κ2) is 6.02. The maximum Gasteiger partial charge on any atom is 0.236 e. The standard InChI is InChI=1S/C15H19ClN2O2/c16-13-7-11-3-6-20-15(11)12(8-13)9-17-10-14(19)18-4-1-2-5-18/h7-8,17H,1-6,9-10H2. The molecule has 1 fully saturated rings. The van der Waals surface area contributed by atoms with Gasteiger partial charge in [0, 0.05) is 36.6 Å². The van der Waals surface area contributed by atoms with Crippen LogP contribution in [-0.4, -0.2) is 37.0 Å². The van der Waals surface area contributed by atoms with Gasteiger partial charge < -0.3 is 15.0 Å². The zero-order valence-corrected chi connectivity index (χ0v) is 12.2. The summed E-state index contributed by atoms with van der Waals surface area (Å²) < 4.78 is 5.65. The molecule has 2 heterocycles. The summed E-state index contributed by atoms with van der Waals surface area (Å²) in [5.41, 5.74) is 2.21. The molecule has 0 aromatic heterocycles. The van der Waals surface area contributed by atoms with Crippen LogP contribution in [0.3, 0.4) is 0 Å². The first-order valence-corrected chi connectivity index (χ1v) is 7.54. The van der Waals surface area contributed by atoms with E-state index in [0.717, 1.165) is 55.3 Å². The minimum Gasteiger partial charge on any atom is -0.493 e. The van der Waals surface area contributed by atoms with Crippen LogP contribution in [0.4, 0.5) is 0 Å². The number of carbonyl (C=O) groups excluding carboxylic acids is 1. The zero-order valence-electron chi connectivity index (χ0n) is 11.5. The van der Waals surface area contributed by atoms with Crippen molar-refractivity contribution >= 4 is 17.5 Å². The predicted molar refractivity (Wildman–Crippen MR) is 78.2 cm³/mol. The normalized spacial score (nSPS) is 17.1. The van der Waals surface area contributed by atoms with Gasteiger partial charge in [-0.2, -0.15) is 0 Å². The van der Waals surface area contributed by atoms with Crippen molar-refractivity contribution in [3.63, 3.8) is 0 Å². The first-order chi connectivity index (χ1) is 9.74. The topological polar surface area (TPSA) is 41.6 Å². The lowest BCUT2D eigenvalue weighted by atomic mass is 10.1. The van der Waals surface area contributed by atoms with E-state index in [2.05, 4.69) is 5.32 Å². The third kappa shape index (κ3) is 2.91. The molecule has 4 nitrogen and oxygen atoms in total. The number of ether oxygens (including phenoxy) is 1. The first-order valence-electron chi connectivity index (χ1n) is 7.16. The van der Waals surface area contributed by atoms with Crippen molar-refractivity contribution in [1.82, 2.24) is 10.2 Å². The summed E-state index contributed by atoms with van der Waals surface area (Å²) in [7, 11) is 0. The van der Waals surface area contributed by atoms with Crippen molar-refractivity contribution in [3.05, 3.63) is 28.3 Å². The van der Waals surface area contributed by atoms with Crippen molar-refractivity contribution in [2.24, 2.45) is 0 Å². The predicted octanol–water partition coefficient (Wildman–Crippen LogP) is 1.99. The Labute approximate surface area is 124 Å². The van der Waals surface area contributed by atoms with Crippen LogP contribution in [0, 0.1) is 0 Å². The number of benzene rings is 1. The van der Waals surface area contributed by atoms with Crippen LogP contribution < -0.4 is 10.1 Å². The van der Waals surface area contributed by atoms with Gasteiger partial charge >= 0.3 is 0 Å². The molecule has 1 aromatic carbocycles. The molecule has 1 amide bonds. The minimum absolute atomic E-state index is 0.182. The van der Waals surface area contributed by atoms with Crippen LogP contribution in [0.2, 0.25) is 5.02 Å². The van der Waals surface area contributed by atoms with Crippen LogP contribution in [0.1, 0.15) is 24.0 Å². The number of carbonyl (C=O) groups is 1. The summed E-state index contributed by atoms with van der Waals surface area (Å²) in [5, 5.41) is 3.94. The molecule has 0 radical (unpaired) electrons. The molecule has 1 aromatic rings. The second-order valence-electron chi connectivity index (χ2n) is 5.34. The van der Waals surface area contributed by atoms with Crippen molar-refractivity contribution < 1.29 is 9.53 Å². The molecule has 0 unspecified atom stereocenters. The van der Waals surface area contributed by atoms with E-state index in [9.17, 15) is 4.79 Å². The number of fused-ring (bicyclic) bond motifs is 1. The number of amides is 1. The van der Waals surface area contributed by atoms with E-state index in [1.54, 1.807) is 0 Å². The number of nitrogens with zero attached hydrogens (tertiary/aromatic N) is 1. The molecule has 0 aliphatic carbocycles. The molecule has 0 atom stereocenters. The van der Waals surface area contributed by atoms with Crippen molar-refractivity contribution in [2.75, 3.05) is 26.2 Å². The summed E-state index contributed by atoms with van der Waals surface area (Å²) in [6, 6.07) is 3.88. The van der Waals surface area contributed by atoms with Crippen LogP contribution in [-0.2, 0) is 17.8 Å². The molecular weight excluding hydrogens is 276 g/mol. The van der Waals surface area contributed by atoms with E-state index >= 15 is 0 Å². The monoisotopic (exact) mass is 294 g/mol. The van der Waals surface area contributed by atoms with Crippen LogP contribution in [0.5, 0.6) is 5.75 Å². The molecule has 2 aliphatic heterocycles. The molecule has 2 aliphatic rings. The number of hydrogen-bond acceptors (Lipinski definition) is 3. The zero-order chi connectivity index (χ0) is 13.9. The van der Waals surface area contributed by atoms with Gasteiger partial charge in [-0.15, -0.1) is 0 Å². The molecule has 0 bridgehead atoms. The highest BCUT2D eigenvalue weighted by Crippen LogP contribution is 2.32. The Bertz CT molecular complexity index is 513. The van der Waals surface area contributed by atoms with Gasteiger partial charge in [-0.3, -0.25) is 4.79 Å². The number of hydrogen-bond donors (Lipinski definition) is 1. The Kier molecular flexibility index (Phi) is 4.13. The summed E-state index contributed by atoms with van der Waals surface area (Å²) in [4.78, 5) is 13.9. The summed E-state index contributed by atoms with van der Waals surface area (Å²) >= 11 is 6.12. The maximum atomic E-state index is 11.9. The Morgan fingerprint density at radius 3 is 2.95 bits per heavy atom. The van der Waals surface area contributed by atoms with Gasteiger partial charge in [0.15, 0.2) is 0 Å². The van der Waals surface area contributed by atoms with Gasteiger partial charge in [-0.1, -0.05) is 11.6 Å². The fourth-order valence-corrected chi connectivity index (χ4v) is 3.12. The van der Waals surface area contributed by atoms with Gasteiger partial charge in [0.05, 0.1) is 13.2 Å². The average molecular weight is 295 g/mol. The lowest BCUT2D eigenvalue weighted by Gasteiger charge is -2.16. The third-order valence-electron chi connectivity index (χ3n) is 3.88. The Morgan fingerprint density at radius 1 is 1.35 bits per heavy atom. The SMILES string of the molecule is O=C(CNCc1cc(Cl)cc2c1OCC2)N1CCCC1. The van der Waals surface area contributed by atoms with E-state index < -0.39 is 0 Å². The highest BCUT2D eigenvalue weighted by Gasteiger charge is 2.19. The van der Waals surface area contributed by atoms with Crippen LogP contribution >= 0.6 is 11.6 Å². The number of rotatable bonds is 4. The van der Waals surface area contributed by atoms with Gasteiger partial charge in [-0.05, 0) is 30.5 Å². The average Bonchev–Trinajstić information content (AvgIpc) is 3.09. The Balaban J connectivity index is 1.57. The highest BCUT2D eigenvalue weighted by molar-refractivity contribution is 6.30. The molecule has 20 heavy (non-hydrogen) atoms. The minimum atomic E-state index is 0.182. The maximum absolute atomic E-state index is 11.9. The lowest BCUT2D eigenvalue weighted by Crippen LogP contribution is -2.36. The molecule has 3 rings (SSSR count). The summed E-state index contributed by atoms with van der Waals surface area (Å²) in [6.07, 6.45) is 3.17. The van der Waals surface area contributed by atoms with Crippen LogP contribution in [0.15, 0.2) is 12.1 Å². The largest absolute Gasteiger partial charge is 0.493 e. The van der Waals surface area contributed by atoms with Gasteiger partial charge in [0.25, 0.3) is 0 Å². The number of likely N-dealkylation sites (tertiary alicyclic amines) is 1. The Morgan fingerprint density at radius 2 is 2.15 bits per heavy atom. The smallest absolute Gasteiger partial charge is 0.236 e. The molecule has 0 saturated carbocycles. The van der Waals surface area contributed by atoms with Crippen molar-refractivity contribution in [2.45, 2.75) is 25.8 Å². The fourth-order valence-electron chi connectivity index (χ4n) is 2.86. The Hall–Kier alpha value is -1.26. The van der Waals surface area contributed by atoms with Crippen LogP contribution in [0.25, 0.3) is 0 Å². The van der Waals surface area contributed by atoms with Gasteiger partial charge in [0.1, 0.15) is 5.75 Å². The van der Waals surface area contributed by atoms with Crippen molar-refractivity contribution in [1.29, 1.82) is 0 Å². The summed E-state index contributed by atoms with van der Waals surface area (Å²) in [6.45, 7) is 3.51. The van der Waals surface area contributed by atoms with E-state index in [1.165, 1.54) is 5.56 Å². The van der Waals surface area contributed by atoms with E-state index in [-0.39, 0.29) is 5.91 Å². The highest BCUT2D eigenvalue weighted by atomic mass is 35.5. The second-order valence-corrected chi connectivity index (χ2v) is 5.78. The fraction of sp³-hybridized carbons (Fsp3) is 0.533. The lowest BCUT2D eigenvalue weighted by molar-refractivity contribution is -0.129. The third-order valence-corrected chi connectivity index (χ3v) is 4.09. The molecule has 0 spiro atoms. The molecule has 1 saturated heterocycles. The first kappa shape index (κ1) is 13.7. The summed E-state index contributed by atoms with van der Waals surface area (Å²) in [5.74, 6) is 1.12. The molecule has 1 N–H and O–H groups in total. The molecule has 108 valence electrons. The number of nitrogens with one attached hydrogen (secondary N) is 1. The quantitative estimate of drug-likeness (QED) is 0.923. The van der Waals surface area contributed by atoms with Gasteiger partial charge in [0.2, 0.25) is 5.91 Å². The van der Waals surface area contributed by atoms with Crippen molar-refractivity contribution in [3.8, 4) is 5.75 Å². The molecule has 5 heteroatoms. The molecular formula is C15H19ClN2O2.